The summed E-state index contributed by atoms with van der Waals surface area (Å²) in [6.07, 6.45) is 1.70. The van der Waals surface area contributed by atoms with Gasteiger partial charge in [0.15, 0.2) is 23.3 Å². The van der Waals surface area contributed by atoms with E-state index in [-0.39, 0.29) is 41.3 Å². The quantitative estimate of drug-likeness (QED) is 0.160. The zero-order valence-corrected chi connectivity index (χ0v) is 26.6. The lowest BCUT2D eigenvalue weighted by Crippen LogP contribution is -2.28. The number of nitrogens with zero attached hydrogens (tertiary/aromatic N) is 2. The van der Waals surface area contributed by atoms with Crippen LogP contribution in [0.1, 0.15) is 34.0 Å². The molecule has 1 aliphatic rings. The summed E-state index contributed by atoms with van der Waals surface area (Å²) in [6.45, 7) is 4.00. The van der Waals surface area contributed by atoms with Crippen molar-refractivity contribution in [1.29, 1.82) is 0 Å². The lowest BCUT2D eigenvalue weighted by atomic mass is 10.1. The van der Waals surface area contributed by atoms with Gasteiger partial charge in [-0.2, -0.15) is 0 Å². The predicted octanol–water partition coefficient (Wildman–Crippen LogP) is 7.57. The maximum absolute atomic E-state index is 13.7. The number of carbonyl (C=O) groups excluding carboxylic acids is 2. The molecule has 0 aromatic heterocycles. The van der Waals surface area contributed by atoms with Crippen LogP contribution in [-0.4, -0.2) is 46.2 Å². The second-order valence-electron chi connectivity index (χ2n) is 10.2. The number of ether oxygens (including phenoxy) is 2. The molecule has 2 N–H and O–H groups in total. The summed E-state index contributed by atoms with van der Waals surface area (Å²) in [5, 5.41) is 12.7. The molecule has 2 amide bonds. The smallest absolute Gasteiger partial charge is 0.335 e. The van der Waals surface area contributed by atoms with Crippen molar-refractivity contribution >= 4 is 63.8 Å². The fourth-order valence-electron chi connectivity index (χ4n) is 4.48. The molecule has 0 unspecified atom stereocenters. The summed E-state index contributed by atoms with van der Waals surface area (Å²) in [5.41, 5.74) is 3.90. The Morgan fingerprint density at radius 2 is 1.72 bits per heavy atom. The summed E-state index contributed by atoms with van der Waals surface area (Å²) >= 11 is 7.84. The maximum Gasteiger partial charge on any atom is 0.335 e. The Bertz CT molecular complexity index is 1810. The van der Waals surface area contributed by atoms with Gasteiger partial charge < -0.3 is 19.9 Å². The zero-order chi connectivity index (χ0) is 32.6. The van der Waals surface area contributed by atoms with E-state index in [2.05, 4.69) is 5.32 Å². The molecule has 0 saturated carbocycles. The number of para-hydroxylation sites is 1. The van der Waals surface area contributed by atoms with Crippen LogP contribution in [0.4, 0.5) is 11.4 Å². The van der Waals surface area contributed by atoms with Gasteiger partial charge in [-0.05, 0) is 91.3 Å². The van der Waals surface area contributed by atoms with Crippen LogP contribution in [0.3, 0.4) is 0 Å². The number of carbonyl (C=O) groups is 3. The summed E-state index contributed by atoms with van der Waals surface area (Å²) in [6, 6.07) is 26.4. The number of nitrogens with one attached hydrogen (secondary N) is 1. The van der Waals surface area contributed by atoms with Gasteiger partial charge in [-0.25, -0.2) is 9.79 Å². The van der Waals surface area contributed by atoms with Gasteiger partial charge >= 0.3 is 5.97 Å². The average Bonchev–Trinajstić information content (AvgIpc) is 3.31. The predicted molar refractivity (Wildman–Crippen MR) is 181 cm³/mol. The fourth-order valence-corrected chi connectivity index (χ4v) is 5.75. The van der Waals surface area contributed by atoms with Crippen molar-refractivity contribution in [2.45, 2.75) is 20.4 Å². The number of halogens is 1. The zero-order valence-electron chi connectivity index (χ0n) is 25.0. The Morgan fingerprint density at radius 3 is 2.39 bits per heavy atom. The van der Waals surface area contributed by atoms with Crippen molar-refractivity contribution in [1.82, 2.24) is 4.90 Å². The third-order valence-electron chi connectivity index (χ3n) is 6.72. The Morgan fingerprint density at radius 1 is 1.00 bits per heavy atom. The highest BCUT2D eigenvalue weighted by Gasteiger charge is 2.33. The van der Waals surface area contributed by atoms with E-state index in [0.29, 0.717) is 39.4 Å². The third kappa shape index (κ3) is 8.15. The molecule has 4 aromatic rings. The molecule has 0 spiro atoms. The average molecular weight is 656 g/mol. The lowest BCUT2D eigenvalue weighted by Gasteiger charge is -2.16. The van der Waals surface area contributed by atoms with E-state index >= 15 is 0 Å². The number of anilines is 1. The summed E-state index contributed by atoms with van der Waals surface area (Å²) in [5.74, 6) is -1.11. The number of benzene rings is 4. The Balaban J connectivity index is 1.39. The van der Waals surface area contributed by atoms with E-state index in [1.807, 2.05) is 68.4 Å². The molecule has 0 bridgehead atoms. The monoisotopic (exact) mass is 655 g/mol. The van der Waals surface area contributed by atoms with E-state index in [9.17, 15) is 19.5 Å². The van der Waals surface area contributed by atoms with Crippen LogP contribution < -0.4 is 14.8 Å². The molecule has 4 aromatic carbocycles. The molecule has 0 atom stereocenters. The highest BCUT2D eigenvalue weighted by molar-refractivity contribution is 8.18. The standard InChI is InChI=1S/C35H30ClN3O6S/c1-3-44-29-18-24(17-28(36)32(29)45-21-31(40)37-27-15-9-22(2)10-16-27)19-30-33(41)39(20-23-11-13-25(14-12-23)34(42)43)35(46-30)38-26-7-5-4-6-8-26/h4-19H,3,20-21H2,1-2H3,(H,37,40)(H,42,43)/b30-19-,38-35?. The highest BCUT2D eigenvalue weighted by atomic mass is 35.5. The number of rotatable bonds is 11. The van der Waals surface area contributed by atoms with Crippen LogP contribution in [0.25, 0.3) is 6.08 Å². The Hall–Kier alpha value is -5.06. The Labute approximate surface area is 275 Å². The van der Waals surface area contributed by atoms with Gasteiger partial charge in [0, 0.05) is 5.69 Å². The molecule has 1 heterocycles. The van der Waals surface area contributed by atoms with Crippen molar-refractivity contribution < 1.29 is 29.0 Å². The van der Waals surface area contributed by atoms with Gasteiger partial charge in [-0.1, -0.05) is 59.6 Å². The maximum atomic E-state index is 13.7. The van der Waals surface area contributed by atoms with E-state index < -0.39 is 5.97 Å². The van der Waals surface area contributed by atoms with Gasteiger partial charge in [0.25, 0.3) is 11.8 Å². The molecule has 234 valence electrons. The van der Waals surface area contributed by atoms with E-state index in [1.165, 1.54) is 23.9 Å². The van der Waals surface area contributed by atoms with E-state index in [0.717, 1.165) is 11.1 Å². The molecular formula is C35H30ClN3O6S. The van der Waals surface area contributed by atoms with Crippen LogP contribution >= 0.6 is 23.4 Å². The second kappa shape index (κ2) is 14.8. The number of hydrogen-bond donors (Lipinski definition) is 2. The van der Waals surface area contributed by atoms with Crippen LogP contribution in [0.15, 0.2) is 101 Å². The van der Waals surface area contributed by atoms with Crippen LogP contribution in [-0.2, 0) is 16.1 Å². The van der Waals surface area contributed by atoms with Gasteiger partial charge in [0.1, 0.15) is 0 Å². The van der Waals surface area contributed by atoms with Crippen molar-refractivity contribution in [2.24, 2.45) is 4.99 Å². The molecule has 46 heavy (non-hydrogen) atoms. The van der Waals surface area contributed by atoms with E-state index in [1.54, 1.807) is 35.2 Å². The van der Waals surface area contributed by atoms with Crippen LogP contribution in [0, 0.1) is 6.92 Å². The molecule has 1 saturated heterocycles. The number of thioether (sulfide) groups is 1. The number of hydrogen-bond acceptors (Lipinski definition) is 7. The topological polar surface area (TPSA) is 118 Å². The molecule has 11 heteroatoms. The van der Waals surface area contributed by atoms with Crippen molar-refractivity contribution in [3.05, 3.63) is 123 Å². The number of amidine groups is 1. The normalized spacial score (nSPS) is 14.5. The minimum atomic E-state index is -1.03. The number of aliphatic imine (C=N–C) groups is 1. The van der Waals surface area contributed by atoms with Gasteiger partial charge in [0.05, 0.1) is 34.3 Å². The van der Waals surface area contributed by atoms with Gasteiger partial charge in [-0.3, -0.25) is 14.5 Å². The summed E-state index contributed by atoms with van der Waals surface area (Å²) < 4.78 is 11.6. The minimum absolute atomic E-state index is 0.158. The Kier molecular flexibility index (Phi) is 10.4. The number of carboxylic acids is 1. The first-order valence-electron chi connectivity index (χ1n) is 14.3. The second-order valence-corrected chi connectivity index (χ2v) is 11.6. The summed E-state index contributed by atoms with van der Waals surface area (Å²) in [4.78, 5) is 44.2. The highest BCUT2D eigenvalue weighted by Crippen LogP contribution is 2.40. The molecule has 1 fully saturated rings. The molecule has 0 aliphatic carbocycles. The number of carboxylic acid groups (broad SMARTS) is 1. The largest absolute Gasteiger partial charge is 0.490 e. The fraction of sp³-hybridized carbons (Fsp3) is 0.143. The SMILES string of the molecule is CCOc1cc(/C=C2\SC(=Nc3ccccc3)N(Cc3ccc(C(=O)O)cc3)C2=O)cc(Cl)c1OCC(=O)Nc1ccc(C)cc1. The van der Waals surface area contributed by atoms with Crippen LogP contribution in [0.5, 0.6) is 11.5 Å². The third-order valence-corrected chi connectivity index (χ3v) is 8.01. The molecule has 0 radical (unpaired) electrons. The first-order chi connectivity index (χ1) is 22.2. The van der Waals surface area contributed by atoms with Crippen molar-refractivity contribution in [3.63, 3.8) is 0 Å². The first kappa shape index (κ1) is 32.3. The summed E-state index contributed by atoms with van der Waals surface area (Å²) in [7, 11) is 0. The van der Waals surface area contributed by atoms with Gasteiger partial charge in [-0.15, -0.1) is 0 Å². The lowest BCUT2D eigenvalue weighted by molar-refractivity contribution is -0.122. The first-order valence-corrected chi connectivity index (χ1v) is 15.5. The van der Waals surface area contributed by atoms with E-state index in [4.69, 9.17) is 26.1 Å². The number of aromatic carboxylic acids is 1. The molecular weight excluding hydrogens is 626 g/mol. The van der Waals surface area contributed by atoms with Crippen molar-refractivity contribution in [2.75, 3.05) is 18.5 Å². The van der Waals surface area contributed by atoms with Crippen molar-refractivity contribution in [3.8, 4) is 11.5 Å². The molecule has 1 aliphatic heterocycles. The minimum Gasteiger partial charge on any atom is -0.490 e. The van der Waals surface area contributed by atoms with Gasteiger partial charge in [0.2, 0.25) is 0 Å². The number of amides is 2. The van der Waals surface area contributed by atoms with Crippen LogP contribution in [0.2, 0.25) is 5.02 Å². The molecule has 9 nitrogen and oxygen atoms in total. The number of aryl methyl sites for hydroxylation is 1. The molecule has 5 rings (SSSR count).